The molecule has 0 aromatic rings. The summed E-state index contributed by atoms with van der Waals surface area (Å²) in [6.07, 6.45) is 2.78. The van der Waals surface area contributed by atoms with Crippen molar-refractivity contribution in [1.29, 1.82) is 0 Å². The van der Waals surface area contributed by atoms with Crippen LogP contribution in [0.5, 0.6) is 0 Å². The van der Waals surface area contributed by atoms with Crippen molar-refractivity contribution in [3.05, 3.63) is 12.7 Å². The third kappa shape index (κ3) is 7.42. The first-order valence-corrected chi connectivity index (χ1v) is 7.08. The molecule has 5 nitrogen and oxygen atoms in total. The Morgan fingerprint density at radius 3 is 2.56 bits per heavy atom. The fourth-order valence-corrected chi connectivity index (χ4v) is 2.32. The molecule has 6 heteroatoms. The van der Waals surface area contributed by atoms with Gasteiger partial charge in [0, 0.05) is 18.8 Å². The number of carbonyl (C=O) groups excluding carboxylic acids is 1. The Balaban J connectivity index is 4.09. The number of sulfone groups is 1. The van der Waals surface area contributed by atoms with Crippen LogP contribution in [0, 0.1) is 0 Å². The molecule has 0 aromatic heterocycles. The van der Waals surface area contributed by atoms with Gasteiger partial charge in [0.2, 0.25) is 5.91 Å². The van der Waals surface area contributed by atoms with E-state index in [9.17, 15) is 13.2 Å². The summed E-state index contributed by atoms with van der Waals surface area (Å²) in [6.45, 7) is 5.88. The zero-order valence-corrected chi connectivity index (χ0v) is 10.9. The molecule has 0 fully saturated rings. The van der Waals surface area contributed by atoms with Crippen LogP contribution in [-0.2, 0) is 14.6 Å². The fourth-order valence-electron chi connectivity index (χ4n) is 1.19. The van der Waals surface area contributed by atoms with Crippen molar-refractivity contribution in [2.24, 2.45) is 0 Å². The molecular weight excluding hydrogens is 228 g/mol. The normalized spacial score (nSPS) is 13.5. The van der Waals surface area contributed by atoms with Crippen LogP contribution >= 0.6 is 0 Å². The van der Waals surface area contributed by atoms with E-state index in [-0.39, 0.29) is 24.2 Å². The van der Waals surface area contributed by atoms with Crippen molar-refractivity contribution in [2.75, 3.05) is 32.1 Å². The predicted octanol–water partition coefficient (Wildman–Crippen LogP) is -0.346. The number of nitrogens with one attached hydrogen (secondary N) is 1. The Labute approximate surface area is 97.4 Å². The number of likely N-dealkylation sites (N-methyl/N-ethyl adjacent to an activating group) is 1. The molecule has 0 spiro atoms. The van der Waals surface area contributed by atoms with Crippen LogP contribution in [0.3, 0.4) is 0 Å². The number of hydrogen-bond acceptors (Lipinski definition) is 4. The van der Waals surface area contributed by atoms with Gasteiger partial charge in [-0.25, -0.2) is 8.42 Å². The molecule has 0 aliphatic rings. The first kappa shape index (κ1) is 15.1. The largest absolute Gasteiger partial charge is 0.352 e. The molecule has 0 saturated carbocycles. The van der Waals surface area contributed by atoms with Gasteiger partial charge in [0.15, 0.2) is 0 Å². The van der Waals surface area contributed by atoms with Crippen LogP contribution in [0.1, 0.15) is 6.92 Å². The molecule has 1 N–H and O–H groups in total. The van der Waals surface area contributed by atoms with Gasteiger partial charge < -0.3 is 5.32 Å². The summed E-state index contributed by atoms with van der Waals surface area (Å²) >= 11 is 0. The summed E-state index contributed by atoms with van der Waals surface area (Å²) in [6, 6.07) is -0.176. The highest BCUT2D eigenvalue weighted by atomic mass is 32.2. The highest BCUT2D eigenvalue weighted by Crippen LogP contribution is 1.98. The summed E-state index contributed by atoms with van der Waals surface area (Å²) in [5, 5.41) is 2.63. The van der Waals surface area contributed by atoms with Crippen LogP contribution in [0.15, 0.2) is 12.7 Å². The fraction of sp³-hybridized carbons (Fsp3) is 0.700. The molecule has 1 atom stereocenters. The second kappa shape index (κ2) is 6.65. The van der Waals surface area contributed by atoms with Crippen molar-refractivity contribution in [3.8, 4) is 0 Å². The molecule has 0 rings (SSSR count). The van der Waals surface area contributed by atoms with Gasteiger partial charge in [-0.05, 0) is 14.0 Å². The Kier molecular flexibility index (Phi) is 6.28. The maximum atomic E-state index is 11.3. The smallest absolute Gasteiger partial charge is 0.234 e. The van der Waals surface area contributed by atoms with E-state index >= 15 is 0 Å². The highest BCUT2D eigenvalue weighted by molar-refractivity contribution is 7.90. The van der Waals surface area contributed by atoms with E-state index in [4.69, 9.17) is 0 Å². The van der Waals surface area contributed by atoms with E-state index in [1.165, 1.54) is 6.26 Å². The van der Waals surface area contributed by atoms with Crippen molar-refractivity contribution in [1.82, 2.24) is 10.2 Å². The molecule has 94 valence electrons. The van der Waals surface area contributed by atoms with E-state index < -0.39 is 9.84 Å². The minimum absolute atomic E-state index is 0.0538. The quantitative estimate of drug-likeness (QED) is 0.626. The van der Waals surface area contributed by atoms with Crippen LogP contribution in [0.25, 0.3) is 0 Å². The van der Waals surface area contributed by atoms with Crippen molar-refractivity contribution < 1.29 is 13.2 Å². The van der Waals surface area contributed by atoms with Gasteiger partial charge >= 0.3 is 0 Å². The lowest BCUT2D eigenvalue weighted by Crippen LogP contribution is -2.42. The van der Waals surface area contributed by atoms with E-state index in [1.54, 1.807) is 24.9 Å². The Morgan fingerprint density at radius 1 is 1.56 bits per heavy atom. The molecule has 0 radical (unpaired) electrons. The molecule has 0 aliphatic carbocycles. The minimum Gasteiger partial charge on any atom is -0.352 e. The van der Waals surface area contributed by atoms with Crippen molar-refractivity contribution in [3.63, 3.8) is 0 Å². The molecule has 0 aromatic carbocycles. The molecule has 0 saturated heterocycles. The molecular formula is C10H20N2O3S. The highest BCUT2D eigenvalue weighted by Gasteiger charge is 2.16. The van der Waals surface area contributed by atoms with Crippen LogP contribution in [0.4, 0.5) is 0 Å². The number of amides is 1. The number of hydrogen-bond donors (Lipinski definition) is 1. The lowest BCUT2D eigenvalue weighted by molar-refractivity contribution is -0.122. The zero-order valence-electron chi connectivity index (χ0n) is 10.1. The summed E-state index contributed by atoms with van der Waals surface area (Å²) in [5.74, 6) is -0.0825. The third-order valence-electron chi connectivity index (χ3n) is 2.13. The van der Waals surface area contributed by atoms with Crippen LogP contribution in [0.2, 0.25) is 0 Å². The molecule has 1 amide bonds. The lowest BCUT2D eigenvalue weighted by Gasteiger charge is -2.23. The second-order valence-electron chi connectivity index (χ2n) is 3.95. The summed E-state index contributed by atoms with van der Waals surface area (Å²) < 4.78 is 22.1. The topological polar surface area (TPSA) is 66.5 Å². The zero-order chi connectivity index (χ0) is 12.8. The maximum Gasteiger partial charge on any atom is 0.234 e. The first-order chi connectivity index (χ1) is 7.26. The second-order valence-corrected chi connectivity index (χ2v) is 6.13. The molecule has 1 unspecified atom stereocenters. The maximum absolute atomic E-state index is 11.3. The molecule has 0 bridgehead atoms. The number of carbonyl (C=O) groups is 1. The molecule has 16 heavy (non-hydrogen) atoms. The van der Waals surface area contributed by atoms with E-state index in [1.807, 2.05) is 0 Å². The van der Waals surface area contributed by atoms with Crippen molar-refractivity contribution >= 4 is 15.7 Å². The average Bonchev–Trinajstić information content (AvgIpc) is 2.11. The van der Waals surface area contributed by atoms with Gasteiger partial charge in [0.1, 0.15) is 9.84 Å². The summed E-state index contributed by atoms with van der Waals surface area (Å²) in [5.41, 5.74) is 0. The van der Waals surface area contributed by atoms with Gasteiger partial charge in [-0.1, -0.05) is 6.08 Å². The first-order valence-electron chi connectivity index (χ1n) is 5.02. The average molecular weight is 248 g/mol. The number of rotatable bonds is 7. The monoisotopic (exact) mass is 248 g/mol. The Hall–Kier alpha value is -0.880. The minimum atomic E-state index is -3.01. The van der Waals surface area contributed by atoms with Gasteiger partial charge in [-0.3, -0.25) is 9.69 Å². The van der Waals surface area contributed by atoms with Crippen LogP contribution in [-0.4, -0.2) is 57.4 Å². The van der Waals surface area contributed by atoms with Crippen molar-refractivity contribution in [2.45, 2.75) is 13.0 Å². The summed E-state index contributed by atoms with van der Waals surface area (Å²) in [4.78, 5) is 13.0. The van der Waals surface area contributed by atoms with Crippen LogP contribution < -0.4 is 5.32 Å². The molecule has 0 aliphatic heterocycles. The standard InChI is InChI=1S/C10H20N2O3S/c1-5-6-11-10(13)7-12(3)9(2)8-16(4,14)15/h5,9H,1,6-8H2,2-4H3,(H,11,13). The van der Waals surface area contributed by atoms with Gasteiger partial charge in [-0.15, -0.1) is 6.58 Å². The predicted molar refractivity (Wildman–Crippen MR) is 65.0 cm³/mol. The Morgan fingerprint density at radius 2 is 2.12 bits per heavy atom. The Bertz CT molecular complexity index is 338. The van der Waals surface area contributed by atoms with Gasteiger partial charge in [0.25, 0.3) is 0 Å². The van der Waals surface area contributed by atoms with E-state index in [0.29, 0.717) is 6.54 Å². The van der Waals surface area contributed by atoms with Gasteiger partial charge in [0.05, 0.1) is 12.3 Å². The molecule has 0 heterocycles. The van der Waals surface area contributed by atoms with E-state index in [0.717, 1.165) is 0 Å². The third-order valence-corrected chi connectivity index (χ3v) is 3.22. The summed E-state index contributed by atoms with van der Waals surface area (Å²) in [7, 11) is -1.29. The number of nitrogens with zero attached hydrogens (tertiary/aromatic N) is 1. The lowest BCUT2D eigenvalue weighted by atomic mass is 10.3. The SMILES string of the molecule is C=CCNC(=O)CN(C)C(C)CS(C)(=O)=O. The van der Waals surface area contributed by atoms with E-state index in [2.05, 4.69) is 11.9 Å². The van der Waals surface area contributed by atoms with Gasteiger partial charge in [-0.2, -0.15) is 0 Å².